The van der Waals surface area contributed by atoms with Crippen molar-refractivity contribution in [2.75, 3.05) is 5.73 Å². The molecular weight excluding hydrogens is 267 g/mol. The van der Waals surface area contributed by atoms with Crippen molar-refractivity contribution in [1.82, 2.24) is 4.72 Å². The van der Waals surface area contributed by atoms with E-state index in [2.05, 4.69) is 4.72 Å². The number of rotatable bonds is 6. The summed E-state index contributed by atoms with van der Waals surface area (Å²) < 4.78 is 40.9. The first-order valence-corrected chi connectivity index (χ1v) is 7.88. The van der Waals surface area contributed by atoms with Gasteiger partial charge in [-0.2, -0.15) is 0 Å². The highest BCUT2D eigenvalue weighted by Gasteiger charge is 2.23. The highest BCUT2D eigenvalue weighted by atomic mass is 32.2. The Morgan fingerprint density at radius 1 is 1.37 bits per heavy atom. The molecule has 0 saturated heterocycles. The summed E-state index contributed by atoms with van der Waals surface area (Å²) in [5, 5.41) is 0. The van der Waals surface area contributed by atoms with E-state index in [4.69, 9.17) is 5.73 Å². The standard InChI is InChI=1S/C13H21FN2O2S/c1-4-6-11(5-2)16-19(17,18)12-8-10(15)7-9(3)13(12)14/h7-8,11,16H,4-6,15H2,1-3H3. The van der Waals surface area contributed by atoms with E-state index in [-0.39, 0.29) is 22.2 Å². The molecule has 4 nitrogen and oxygen atoms in total. The Kier molecular flexibility index (Phi) is 5.31. The maximum Gasteiger partial charge on any atom is 0.243 e. The molecule has 0 aliphatic rings. The van der Waals surface area contributed by atoms with Gasteiger partial charge in [-0.25, -0.2) is 17.5 Å². The maximum absolute atomic E-state index is 13.9. The van der Waals surface area contributed by atoms with E-state index in [0.717, 1.165) is 18.9 Å². The van der Waals surface area contributed by atoms with Crippen molar-refractivity contribution in [2.45, 2.75) is 51.0 Å². The van der Waals surface area contributed by atoms with E-state index in [1.54, 1.807) is 0 Å². The van der Waals surface area contributed by atoms with E-state index in [1.807, 2.05) is 13.8 Å². The molecular formula is C13H21FN2O2S. The van der Waals surface area contributed by atoms with Gasteiger partial charge in [-0.05, 0) is 37.5 Å². The maximum atomic E-state index is 13.9. The quantitative estimate of drug-likeness (QED) is 0.790. The normalized spacial score (nSPS) is 13.5. The van der Waals surface area contributed by atoms with Crippen LogP contribution in [0, 0.1) is 12.7 Å². The first kappa shape index (κ1) is 15.9. The summed E-state index contributed by atoms with van der Waals surface area (Å²) in [5.41, 5.74) is 6.05. The molecule has 6 heteroatoms. The Bertz CT molecular complexity index is 544. The van der Waals surface area contributed by atoms with E-state index in [9.17, 15) is 12.8 Å². The fraction of sp³-hybridized carbons (Fsp3) is 0.538. The lowest BCUT2D eigenvalue weighted by Crippen LogP contribution is -2.34. The van der Waals surface area contributed by atoms with E-state index in [0.29, 0.717) is 6.42 Å². The van der Waals surface area contributed by atoms with Crippen molar-refractivity contribution >= 4 is 15.7 Å². The molecule has 1 aromatic carbocycles. The van der Waals surface area contributed by atoms with Crippen molar-refractivity contribution in [3.63, 3.8) is 0 Å². The molecule has 1 unspecified atom stereocenters. The fourth-order valence-corrected chi connectivity index (χ4v) is 3.48. The number of hydrogen-bond donors (Lipinski definition) is 2. The lowest BCUT2D eigenvalue weighted by molar-refractivity contribution is 0.505. The molecule has 0 aromatic heterocycles. The average Bonchev–Trinajstić information content (AvgIpc) is 2.32. The lowest BCUT2D eigenvalue weighted by Gasteiger charge is -2.17. The van der Waals surface area contributed by atoms with Crippen molar-refractivity contribution in [3.8, 4) is 0 Å². The molecule has 1 aromatic rings. The molecule has 0 aliphatic carbocycles. The van der Waals surface area contributed by atoms with Crippen molar-refractivity contribution in [3.05, 3.63) is 23.5 Å². The molecule has 0 fully saturated rings. The smallest absolute Gasteiger partial charge is 0.243 e. The molecule has 0 heterocycles. The largest absolute Gasteiger partial charge is 0.399 e. The zero-order valence-corrected chi connectivity index (χ0v) is 12.3. The van der Waals surface area contributed by atoms with Gasteiger partial charge in [0.25, 0.3) is 0 Å². The van der Waals surface area contributed by atoms with Gasteiger partial charge < -0.3 is 5.73 Å². The molecule has 0 spiro atoms. The molecule has 3 N–H and O–H groups in total. The summed E-state index contributed by atoms with van der Waals surface area (Å²) in [7, 11) is -3.87. The molecule has 108 valence electrons. The highest BCUT2D eigenvalue weighted by molar-refractivity contribution is 7.89. The molecule has 0 aliphatic heterocycles. The topological polar surface area (TPSA) is 72.2 Å². The van der Waals surface area contributed by atoms with E-state index >= 15 is 0 Å². The highest BCUT2D eigenvalue weighted by Crippen LogP contribution is 2.22. The van der Waals surface area contributed by atoms with Crippen LogP contribution in [-0.4, -0.2) is 14.5 Å². The molecule has 1 rings (SSSR count). The van der Waals surface area contributed by atoms with Gasteiger partial charge in [-0.15, -0.1) is 0 Å². The minimum atomic E-state index is -3.87. The third-order valence-corrected chi connectivity index (χ3v) is 4.50. The third kappa shape index (κ3) is 3.91. The van der Waals surface area contributed by atoms with Gasteiger partial charge >= 0.3 is 0 Å². The minimum Gasteiger partial charge on any atom is -0.399 e. The Hall–Kier alpha value is -1.14. The van der Waals surface area contributed by atoms with E-state index in [1.165, 1.54) is 13.0 Å². The van der Waals surface area contributed by atoms with Crippen LogP contribution in [0.5, 0.6) is 0 Å². The summed E-state index contributed by atoms with van der Waals surface area (Å²) in [4.78, 5) is -0.375. The zero-order chi connectivity index (χ0) is 14.6. The van der Waals surface area contributed by atoms with E-state index < -0.39 is 15.8 Å². The summed E-state index contributed by atoms with van der Waals surface area (Å²) in [6, 6.07) is 2.39. The number of nitrogens with one attached hydrogen (secondary N) is 1. The van der Waals surface area contributed by atoms with Crippen LogP contribution in [0.4, 0.5) is 10.1 Å². The Morgan fingerprint density at radius 2 is 2.00 bits per heavy atom. The van der Waals surface area contributed by atoms with Crippen LogP contribution in [-0.2, 0) is 10.0 Å². The number of nitrogens with two attached hydrogens (primary N) is 1. The summed E-state index contributed by atoms with van der Waals surface area (Å²) in [6.45, 7) is 5.36. The molecule has 1 atom stereocenters. The second kappa shape index (κ2) is 6.34. The second-order valence-corrected chi connectivity index (χ2v) is 6.35. The van der Waals surface area contributed by atoms with Gasteiger partial charge in [0.2, 0.25) is 10.0 Å². The Morgan fingerprint density at radius 3 is 2.53 bits per heavy atom. The first-order chi connectivity index (χ1) is 8.81. The van der Waals surface area contributed by atoms with Gasteiger partial charge in [0.1, 0.15) is 10.7 Å². The summed E-state index contributed by atoms with van der Waals surface area (Å²) in [5.74, 6) is -0.743. The predicted octanol–water partition coefficient (Wildman–Crippen LogP) is 2.57. The second-order valence-electron chi connectivity index (χ2n) is 4.67. The number of hydrogen-bond acceptors (Lipinski definition) is 3. The van der Waals surface area contributed by atoms with Crippen LogP contribution in [0.3, 0.4) is 0 Å². The van der Waals surface area contributed by atoms with Crippen LogP contribution in [0.1, 0.15) is 38.7 Å². The number of benzene rings is 1. The number of nitrogen functional groups attached to an aromatic ring is 1. The molecule has 0 saturated carbocycles. The number of aryl methyl sites for hydroxylation is 1. The van der Waals surface area contributed by atoms with Crippen LogP contribution in [0.15, 0.2) is 17.0 Å². The van der Waals surface area contributed by atoms with Gasteiger partial charge in [0.05, 0.1) is 0 Å². The SMILES string of the molecule is CCCC(CC)NS(=O)(=O)c1cc(N)cc(C)c1F. The van der Waals surface area contributed by atoms with Gasteiger partial charge in [0, 0.05) is 11.7 Å². The molecule has 0 radical (unpaired) electrons. The molecule has 0 amide bonds. The van der Waals surface area contributed by atoms with Crippen LogP contribution in [0.2, 0.25) is 0 Å². The number of sulfonamides is 1. The Labute approximate surface area is 114 Å². The predicted molar refractivity (Wildman–Crippen MR) is 74.9 cm³/mol. The van der Waals surface area contributed by atoms with Crippen LogP contribution >= 0.6 is 0 Å². The van der Waals surface area contributed by atoms with Crippen molar-refractivity contribution in [1.29, 1.82) is 0 Å². The molecule has 19 heavy (non-hydrogen) atoms. The number of halogens is 1. The minimum absolute atomic E-state index is 0.184. The zero-order valence-electron chi connectivity index (χ0n) is 11.5. The van der Waals surface area contributed by atoms with Crippen molar-refractivity contribution in [2.24, 2.45) is 0 Å². The summed E-state index contributed by atoms with van der Waals surface area (Å²) in [6.07, 6.45) is 2.24. The first-order valence-electron chi connectivity index (χ1n) is 6.39. The summed E-state index contributed by atoms with van der Waals surface area (Å²) >= 11 is 0. The average molecular weight is 288 g/mol. The van der Waals surface area contributed by atoms with Crippen LogP contribution in [0.25, 0.3) is 0 Å². The lowest BCUT2D eigenvalue weighted by atomic mass is 10.1. The molecule has 0 bridgehead atoms. The van der Waals surface area contributed by atoms with Gasteiger partial charge in [-0.1, -0.05) is 20.3 Å². The van der Waals surface area contributed by atoms with Gasteiger partial charge in [0.15, 0.2) is 0 Å². The Balaban J connectivity index is 3.13. The van der Waals surface area contributed by atoms with Gasteiger partial charge in [-0.3, -0.25) is 0 Å². The third-order valence-electron chi connectivity index (χ3n) is 2.98. The van der Waals surface area contributed by atoms with Crippen LogP contribution < -0.4 is 10.5 Å². The monoisotopic (exact) mass is 288 g/mol. The fourth-order valence-electron chi connectivity index (χ4n) is 1.94. The number of anilines is 1. The van der Waals surface area contributed by atoms with Crippen molar-refractivity contribution < 1.29 is 12.8 Å².